The molecule has 0 bridgehead atoms. The molecular formula is C16H20N2O3. The van der Waals surface area contributed by atoms with Crippen molar-refractivity contribution in [3.8, 4) is 0 Å². The van der Waals surface area contributed by atoms with Gasteiger partial charge in [-0.15, -0.1) is 0 Å². The van der Waals surface area contributed by atoms with Gasteiger partial charge in [0.15, 0.2) is 0 Å². The quantitative estimate of drug-likeness (QED) is 0.827. The molecule has 0 spiro atoms. The van der Waals surface area contributed by atoms with Gasteiger partial charge in [0.25, 0.3) is 0 Å². The third kappa shape index (κ3) is 3.42. The summed E-state index contributed by atoms with van der Waals surface area (Å²) in [5.74, 6) is -0.634. The monoisotopic (exact) mass is 288 g/mol. The van der Waals surface area contributed by atoms with Gasteiger partial charge in [0.1, 0.15) is 6.04 Å². The van der Waals surface area contributed by atoms with Gasteiger partial charge in [-0.3, -0.25) is 4.79 Å². The summed E-state index contributed by atoms with van der Waals surface area (Å²) in [6.45, 7) is 3.74. The second kappa shape index (κ2) is 6.43. The van der Waals surface area contributed by atoms with E-state index in [4.69, 9.17) is 4.74 Å². The molecule has 0 radical (unpaired) electrons. The molecule has 5 heteroatoms. The zero-order valence-corrected chi connectivity index (χ0v) is 12.5. The second-order valence-corrected chi connectivity index (χ2v) is 5.35. The number of esters is 1. The first-order valence-corrected chi connectivity index (χ1v) is 6.95. The van der Waals surface area contributed by atoms with Crippen molar-refractivity contribution in [1.82, 2.24) is 10.3 Å². The molecule has 5 nitrogen and oxygen atoms in total. The minimum absolute atomic E-state index is 0.0237. The maximum atomic E-state index is 12.2. The van der Waals surface area contributed by atoms with Crippen LogP contribution in [0.15, 0.2) is 30.5 Å². The predicted octanol–water partition coefficient (Wildman–Crippen LogP) is 2.02. The van der Waals surface area contributed by atoms with Crippen LogP contribution in [0, 0.1) is 5.92 Å². The average Bonchev–Trinajstić information content (AvgIpc) is 2.87. The van der Waals surface area contributed by atoms with Crippen LogP contribution in [0.4, 0.5) is 0 Å². The van der Waals surface area contributed by atoms with Gasteiger partial charge in [-0.25, -0.2) is 4.79 Å². The highest BCUT2D eigenvalue weighted by Gasteiger charge is 2.25. The molecule has 0 aliphatic rings. The number of carbonyl (C=O) groups is 2. The minimum atomic E-state index is -0.618. The zero-order chi connectivity index (χ0) is 15.4. The maximum Gasteiger partial charge on any atom is 0.328 e. The number of hydrogen-bond donors (Lipinski definition) is 2. The number of hydrogen-bond acceptors (Lipinski definition) is 3. The number of nitrogens with one attached hydrogen (secondary N) is 2. The fourth-order valence-electron chi connectivity index (χ4n) is 2.30. The number of H-pyrrole nitrogens is 1. The van der Waals surface area contributed by atoms with Crippen LogP contribution in [0.1, 0.15) is 19.4 Å². The highest BCUT2D eigenvalue weighted by atomic mass is 16.5. The van der Waals surface area contributed by atoms with Gasteiger partial charge >= 0.3 is 5.97 Å². The van der Waals surface area contributed by atoms with E-state index in [1.54, 1.807) is 0 Å². The predicted molar refractivity (Wildman–Crippen MR) is 80.8 cm³/mol. The molecule has 2 aromatic rings. The van der Waals surface area contributed by atoms with Gasteiger partial charge in [0, 0.05) is 17.1 Å². The first-order chi connectivity index (χ1) is 10.0. The summed E-state index contributed by atoms with van der Waals surface area (Å²) in [5.41, 5.74) is 1.91. The summed E-state index contributed by atoms with van der Waals surface area (Å²) in [6.07, 6.45) is 2.05. The summed E-state index contributed by atoms with van der Waals surface area (Å²) in [5, 5.41) is 3.76. The Morgan fingerprint density at radius 3 is 2.67 bits per heavy atom. The van der Waals surface area contributed by atoms with E-state index in [1.807, 2.05) is 44.3 Å². The van der Waals surface area contributed by atoms with Gasteiger partial charge in [0.05, 0.1) is 13.5 Å². The number of ether oxygens (including phenoxy) is 1. The molecule has 1 heterocycles. The smallest absolute Gasteiger partial charge is 0.328 e. The van der Waals surface area contributed by atoms with Crippen LogP contribution in [0.25, 0.3) is 10.9 Å². The Bertz CT molecular complexity index is 646. The number of aromatic nitrogens is 1. The number of para-hydroxylation sites is 1. The zero-order valence-electron chi connectivity index (χ0n) is 12.5. The summed E-state index contributed by atoms with van der Waals surface area (Å²) in [6, 6.07) is 7.18. The highest BCUT2D eigenvalue weighted by molar-refractivity contribution is 5.90. The van der Waals surface area contributed by atoms with Crippen molar-refractivity contribution in [2.75, 3.05) is 7.11 Å². The Balaban J connectivity index is 2.09. The second-order valence-electron chi connectivity index (χ2n) is 5.35. The topological polar surface area (TPSA) is 71.2 Å². The fraction of sp³-hybridized carbons (Fsp3) is 0.375. The first kappa shape index (κ1) is 15.1. The fourth-order valence-corrected chi connectivity index (χ4v) is 2.30. The molecule has 0 saturated carbocycles. The normalized spacial score (nSPS) is 12.4. The maximum absolute atomic E-state index is 12.2. The molecule has 1 atom stereocenters. The minimum Gasteiger partial charge on any atom is -0.467 e. The van der Waals surface area contributed by atoms with Gasteiger partial charge in [-0.05, 0) is 17.5 Å². The van der Waals surface area contributed by atoms with Gasteiger partial charge in [-0.1, -0.05) is 32.0 Å². The number of rotatable bonds is 5. The van der Waals surface area contributed by atoms with Gasteiger partial charge < -0.3 is 15.0 Å². The van der Waals surface area contributed by atoms with E-state index in [2.05, 4.69) is 10.3 Å². The molecule has 0 aliphatic heterocycles. The summed E-state index contributed by atoms with van der Waals surface area (Å²) in [4.78, 5) is 26.9. The number of aromatic amines is 1. The van der Waals surface area contributed by atoms with Gasteiger partial charge in [-0.2, -0.15) is 0 Å². The SMILES string of the molecule is COC(=O)[C@@H](NC(=O)Cc1c[nH]c2ccccc12)C(C)C. The lowest BCUT2D eigenvalue weighted by molar-refractivity contribution is -0.146. The van der Waals surface area contributed by atoms with Crippen LogP contribution < -0.4 is 5.32 Å². The van der Waals surface area contributed by atoms with Crippen molar-refractivity contribution in [2.45, 2.75) is 26.3 Å². The van der Waals surface area contributed by atoms with Crippen LogP contribution >= 0.6 is 0 Å². The van der Waals surface area contributed by atoms with Crippen LogP contribution in [0.3, 0.4) is 0 Å². The number of benzene rings is 1. The number of carbonyl (C=O) groups excluding carboxylic acids is 2. The molecule has 0 saturated heterocycles. The summed E-state index contributed by atoms with van der Waals surface area (Å²) in [7, 11) is 1.32. The Morgan fingerprint density at radius 2 is 2.00 bits per heavy atom. The van der Waals surface area contributed by atoms with Crippen molar-refractivity contribution < 1.29 is 14.3 Å². The molecule has 0 unspecified atom stereocenters. The lowest BCUT2D eigenvalue weighted by Crippen LogP contribution is -2.45. The molecule has 1 aromatic carbocycles. The Kier molecular flexibility index (Phi) is 4.62. The largest absolute Gasteiger partial charge is 0.467 e. The van der Waals surface area contributed by atoms with Gasteiger partial charge in [0.2, 0.25) is 5.91 Å². The summed E-state index contributed by atoms with van der Waals surface area (Å²) >= 11 is 0. The Hall–Kier alpha value is -2.30. The van der Waals surface area contributed by atoms with E-state index in [0.717, 1.165) is 16.5 Å². The van der Waals surface area contributed by atoms with Crippen molar-refractivity contribution in [1.29, 1.82) is 0 Å². The Labute approximate surface area is 123 Å². The molecule has 1 aromatic heterocycles. The van der Waals surface area contributed by atoms with E-state index in [1.165, 1.54) is 7.11 Å². The van der Waals surface area contributed by atoms with E-state index in [-0.39, 0.29) is 18.2 Å². The number of methoxy groups -OCH3 is 1. The molecule has 1 amide bonds. The lowest BCUT2D eigenvalue weighted by Gasteiger charge is -2.19. The van der Waals surface area contributed by atoms with Crippen LogP contribution in [-0.4, -0.2) is 30.0 Å². The van der Waals surface area contributed by atoms with Crippen LogP contribution in [0.2, 0.25) is 0 Å². The lowest BCUT2D eigenvalue weighted by atomic mass is 10.0. The molecule has 0 fully saturated rings. The molecule has 0 aliphatic carbocycles. The molecular weight excluding hydrogens is 268 g/mol. The van der Waals surface area contributed by atoms with Crippen LogP contribution in [-0.2, 0) is 20.7 Å². The highest BCUT2D eigenvalue weighted by Crippen LogP contribution is 2.18. The standard InChI is InChI=1S/C16H20N2O3/c1-10(2)15(16(20)21-3)18-14(19)8-11-9-17-13-7-5-4-6-12(11)13/h4-7,9-10,15,17H,8H2,1-3H3,(H,18,19)/t15-/m0/s1. The van der Waals surface area contributed by atoms with E-state index in [9.17, 15) is 9.59 Å². The average molecular weight is 288 g/mol. The molecule has 2 N–H and O–H groups in total. The number of fused-ring (bicyclic) bond motifs is 1. The third-order valence-corrected chi connectivity index (χ3v) is 3.46. The Morgan fingerprint density at radius 1 is 1.29 bits per heavy atom. The first-order valence-electron chi connectivity index (χ1n) is 6.95. The van der Waals surface area contributed by atoms with E-state index >= 15 is 0 Å². The molecule has 21 heavy (non-hydrogen) atoms. The van der Waals surface area contributed by atoms with Crippen LogP contribution in [0.5, 0.6) is 0 Å². The van der Waals surface area contributed by atoms with Crippen molar-refractivity contribution in [3.05, 3.63) is 36.0 Å². The van der Waals surface area contributed by atoms with Crippen molar-refractivity contribution in [2.24, 2.45) is 5.92 Å². The van der Waals surface area contributed by atoms with E-state index in [0.29, 0.717) is 0 Å². The molecule has 112 valence electrons. The van der Waals surface area contributed by atoms with Crippen molar-refractivity contribution in [3.63, 3.8) is 0 Å². The molecule has 2 rings (SSSR count). The summed E-state index contributed by atoms with van der Waals surface area (Å²) < 4.78 is 4.72. The van der Waals surface area contributed by atoms with Crippen molar-refractivity contribution >= 4 is 22.8 Å². The number of amides is 1. The van der Waals surface area contributed by atoms with E-state index < -0.39 is 12.0 Å². The third-order valence-electron chi connectivity index (χ3n) is 3.46.